The number of hydrogen-bond donors (Lipinski definition) is 0. The molecule has 0 spiro atoms. The van der Waals surface area contributed by atoms with Gasteiger partial charge in [-0.1, -0.05) is 71.9 Å². The highest BCUT2D eigenvalue weighted by molar-refractivity contribution is 5.78. The van der Waals surface area contributed by atoms with Crippen LogP contribution in [0.2, 0.25) is 0 Å². The number of benzene rings is 2. The lowest BCUT2D eigenvalue weighted by molar-refractivity contribution is 0.736. The third-order valence-electron chi connectivity index (χ3n) is 9.95. The Kier molecular flexibility index (Phi) is 24.5. The maximum atomic E-state index is 4.38. The highest BCUT2D eigenvalue weighted by Crippen LogP contribution is 2.11. The molecule has 0 saturated heterocycles. The predicted octanol–water partition coefficient (Wildman–Crippen LogP) is 13.7. The van der Waals surface area contributed by atoms with Crippen molar-refractivity contribution in [1.29, 1.82) is 0 Å². The maximum absolute atomic E-state index is 4.38. The van der Waals surface area contributed by atoms with Crippen molar-refractivity contribution in [2.75, 3.05) is 0 Å². The smallest absolute Gasteiger partial charge is 0.113 e. The molecule has 356 valence electrons. The molecule has 0 atom stereocenters. The van der Waals surface area contributed by atoms with Crippen LogP contribution < -0.4 is 0 Å². The second-order valence-electron chi connectivity index (χ2n) is 16.5. The van der Waals surface area contributed by atoms with E-state index in [9.17, 15) is 0 Å². The van der Waals surface area contributed by atoms with Crippen LogP contribution in [0.1, 0.15) is 73.4 Å². The van der Waals surface area contributed by atoms with Crippen LogP contribution in [0.15, 0.2) is 171 Å². The van der Waals surface area contributed by atoms with Crippen LogP contribution >= 0.6 is 0 Å². The lowest BCUT2D eigenvalue weighted by Crippen LogP contribution is -1.88. The molecule has 0 N–H and O–H groups in total. The summed E-state index contributed by atoms with van der Waals surface area (Å²) in [7, 11) is 1.88. The van der Waals surface area contributed by atoms with Crippen LogP contribution in [0.25, 0.3) is 21.9 Å². The monoisotopic (exact) mass is 919 g/mol. The Hall–Kier alpha value is -7.85. The highest BCUT2D eigenvalue weighted by atomic mass is 15.4. The highest BCUT2D eigenvalue weighted by Gasteiger charge is 1.96. The van der Waals surface area contributed by atoms with Gasteiger partial charge in [0.25, 0.3) is 0 Å². The number of aryl methyl sites for hydroxylation is 14. The summed E-state index contributed by atoms with van der Waals surface area (Å²) in [5, 5.41) is 9.00. The van der Waals surface area contributed by atoms with E-state index in [4.69, 9.17) is 0 Å². The second-order valence-corrected chi connectivity index (χ2v) is 16.5. The van der Waals surface area contributed by atoms with E-state index in [0.29, 0.717) is 0 Å². The zero-order valence-electron chi connectivity index (χ0n) is 43.1. The fraction of sp³-hybridized carbons (Fsp3) is 0.237. The van der Waals surface area contributed by atoms with E-state index in [1.165, 1.54) is 33.2 Å². The van der Waals surface area contributed by atoms with Gasteiger partial charge >= 0.3 is 0 Å². The van der Waals surface area contributed by atoms with Crippen LogP contribution in [0, 0.1) is 90.0 Å². The van der Waals surface area contributed by atoms with E-state index in [0.717, 1.165) is 62.1 Å². The predicted molar refractivity (Wildman–Crippen MR) is 287 cm³/mol. The van der Waals surface area contributed by atoms with Gasteiger partial charge in [0.05, 0.1) is 11.0 Å². The number of hydrogen-bond acceptors (Lipinski definition) is 9. The fourth-order valence-electron chi connectivity index (χ4n) is 5.86. The molecular weight excluding hydrogens is 849 g/mol. The molecule has 0 aliphatic heterocycles. The van der Waals surface area contributed by atoms with E-state index in [1.807, 2.05) is 197 Å². The standard InChI is InChI=1S/C10H9N.C8H11N.C7H7N3.4C7H9N.C6H7N/c1-8-6-7-9-4-2-3-5-10(9)11-8;1-6-4-7(2)8(3)9-5-6;1-10-7-5-3-2-4-6(7)8-9-10;1-6-3-4-8-7(2)5-6;1-6-3-4-7(2)8-5-6;1-6-4-3-5-8-7(6)2;1-6-4-3-5-7(2)8-6;1-6-4-2-3-5-7-6/h2-7H,1H3;4-5H,1-3H3;2-5H,1H3;4*3-5H,1-2H3;2-5H,1H3. The molecule has 0 radical (unpaired) electrons. The first-order valence-corrected chi connectivity index (χ1v) is 22.9. The summed E-state index contributed by atoms with van der Waals surface area (Å²) >= 11 is 0. The average Bonchev–Trinajstić information content (AvgIpc) is 3.71. The number of rotatable bonds is 0. The summed E-state index contributed by atoms with van der Waals surface area (Å²) < 4.78 is 1.76. The number of fused-ring (bicyclic) bond motifs is 2. The molecule has 10 nitrogen and oxygen atoms in total. The van der Waals surface area contributed by atoms with Crippen LogP contribution in [0.4, 0.5) is 0 Å². The van der Waals surface area contributed by atoms with Crippen molar-refractivity contribution in [1.82, 2.24) is 49.9 Å². The average molecular weight is 919 g/mol. The summed E-state index contributed by atoms with van der Waals surface area (Å²) in [4.78, 5) is 28.9. The fourth-order valence-corrected chi connectivity index (χ4v) is 5.86. The van der Waals surface area contributed by atoms with Gasteiger partial charge in [0.2, 0.25) is 0 Å². The van der Waals surface area contributed by atoms with Gasteiger partial charge in [0.1, 0.15) is 5.52 Å². The Morgan fingerprint density at radius 3 is 1.42 bits per heavy atom. The van der Waals surface area contributed by atoms with Crippen LogP contribution in [-0.2, 0) is 7.05 Å². The van der Waals surface area contributed by atoms with Gasteiger partial charge in [-0.05, 0) is 191 Å². The SMILES string of the molecule is Cc1ccc(C)nc1.Cc1ccc2ccccc2n1.Cc1cccc(C)n1.Cc1ccccn1.Cc1cccnc1C.Cc1ccnc(C)c1.Cc1cnc(C)c(C)c1.Cn1nnc2ccccc21. The van der Waals surface area contributed by atoms with Gasteiger partial charge in [-0.15, -0.1) is 5.10 Å². The van der Waals surface area contributed by atoms with E-state index in [-0.39, 0.29) is 0 Å². The molecule has 0 aliphatic rings. The molecule has 0 amide bonds. The Balaban J connectivity index is 0.000000210. The molecule has 10 aromatic rings. The Morgan fingerprint density at radius 1 is 0.348 bits per heavy atom. The van der Waals surface area contributed by atoms with Gasteiger partial charge in [0, 0.05) is 89.0 Å². The normalized spacial score (nSPS) is 9.59. The quantitative estimate of drug-likeness (QED) is 0.146. The molecule has 69 heavy (non-hydrogen) atoms. The minimum absolute atomic E-state index is 0.949. The lowest BCUT2D eigenvalue weighted by atomic mass is 10.2. The molecule has 0 saturated carbocycles. The first kappa shape index (κ1) is 55.5. The van der Waals surface area contributed by atoms with Crippen molar-refractivity contribution < 1.29 is 0 Å². The van der Waals surface area contributed by atoms with Crippen molar-refractivity contribution in [2.24, 2.45) is 7.05 Å². The van der Waals surface area contributed by atoms with Crippen LogP contribution in [-0.4, -0.2) is 49.9 Å². The first-order chi connectivity index (χ1) is 33.0. The number of nitrogens with zero attached hydrogens (tertiary/aromatic N) is 10. The Labute approximate surface area is 411 Å². The summed E-state index contributed by atoms with van der Waals surface area (Å²) in [6.07, 6.45) is 9.18. The second kappa shape index (κ2) is 30.4. The van der Waals surface area contributed by atoms with Gasteiger partial charge in [-0.3, -0.25) is 34.9 Å². The summed E-state index contributed by atoms with van der Waals surface area (Å²) in [5.74, 6) is 0. The van der Waals surface area contributed by atoms with Crippen LogP contribution in [0.3, 0.4) is 0 Å². The van der Waals surface area contributed by atoms with Crippen molar-refractivity contribution >= 4 is 21.9 Å². The Morgan fingerprint density at radius 2 is 0.928 bits per heavy atom. The maximum Gasteiger partial charge on any atom is 0.113 e. The summed E-state index contributed by atoms with van der Waals surface area (Å²) in [6, 6.07) is 46.3. The number of pyridine rings is 7. The molecule has 10 rings (SSSR count). The van der Waals surface area contributed by atoms with Gasteiger partial charge < -0.3 is 0 Å². The van der Waals surface area contributed by atoms with Crippen LogP contribution in [0.5, 0.6) is 0 Å². The zero-order valence-corrected chi connectivity index (χ0v) is 43.1. The van der Waals surface area contributed by atoms with Crippen molar-refractivity contribution in [3.05, 3.63) is 244 Å². The molecule has 0 aliphatic carbocycles. The first-order valence-electron chi connectivity index (χ1n) is 22.9. The third kappa shape index (κ3) is 22.9. The van der Waals surface area contributed by atoms with Crippen molar-refractivity contribution in [2.45, 2.75) is 90.0 Å². The largest absolute Gasteiger partial charge is 0.262 e. The van der Waals surface area contributed by atoms with E-state index >= 15 is 0 Å². The van der Waals surface area contributed by atoms with Gasteiger partial charge in [-0.25, -0.2) is 4.68 Å². The summed E-state index contributed by atoms with van der Waals surface area (Å²) in [6.45, 7) is 26.3. The molecule has 8 aromatic heterocycles. The molecule has 8 heterocycles. The molecular formula is C59H70N10. The number of para-hydroxylation sites is 2. The van der Waals surface area contributed by atoms with Crippen molar-refractivity contribution in [3.63, 3.8) is 0 Å². The molecule has 0 unspecified atom stereocenters. The van der Waals surface area contributed by atoms with E-state index < -0.39 is 0 Å². The minimum atomic E-state index is 0.949. The van der Waals surface area contributed by atoms with E-state index in [2.05, 4.69) is 109 Å². The topological polar surface area (TPSA) is 121 Å². The van der Waals surface area contributed by atoms with E-state index in [1.54, 1.807) is 10.9 Å². The van der Waals surface area contributed by atoms with Gasteiger partial charge in [-0.2, -0.15) is 0 Å². The Bertz CT molecular complexity index is 2880. The van der Waals surface area contributed by atoms with Crippen molar-refractivity contribution in [3.8, 4) is 0 Å². The molecule has 2 aromatic carbocycles. The summed E-state index contributed by atoms with van der Waals surface area (Å²) in [5.41, 5.74) is 18.1. The molecule has 0 fully saturated rings. The third-order valence-corrected chi connectivity index (χ3v) is 9.95. The zero-order chi connectivity index (χ0) is 50.6. The van der Waals surface area contributed by atoms with Gasteiger partial charge in [0.15, 0.2) is 0 Å². The molecule has 0 bridgehead atoms. The lowest BCUT2D eigenvalue weighted by Gasteiger charge is -1.97. The minimum Gasteiger partial charge on any atom is -0.262 e. The molecule has 10 heteroatoms. The number of aromatic nitrogens is 10.